The fraction of sp³-hybridized carbons (Fsp3) is 0.333. The Kier molecular flexibility index (Phi) is 5.95. The Balaban J connectivity index is 2.46. The lowest BCUT2D eigenvalue weighted by molar-refractivity contribution is -0.147. The number of nitrogens with one attached hydrogen (secondary N) is 2. The van der Waals surface area contributed by atoms with Gasteiger partial charge in [-0.1, -0.05) is 6.07 Å². The Labute approximate surface area is 115 Å². The lowest BCUT2D eigenvalue weighted by atomic mass is 10.2. The van der Waals surface area contributed by atoms with Crippen molar-refractivity contribution >= 4 is 18.0 Å². The lowest BCUT2D eigenvalue weighted by Gasteiger charge is -2.13. The number of pyridine rings is 1. The molecule has 8 heteroatoms. The standard InChI is InChI=1S/C12H15N3O5/c1-20-10(16)6-9(11(17)18)15-12(19)14-7-8-4-2-3-5-13-8/h2-5,9H,6-7H2,1H3,(H,17,18)(H2,14,15,19)/t9-/m0/s1. The van der Waals surface area contributed by atoms with Gasteiger partial charge in [0, 0.05) is 6.20 Å². The van der Waals surface area contributed by atoms with E-state index in [9.17, 15) is 14.4 Å². The molecule has 0 spiro atoms. The number of aliphatic carboxylic acids is 1. The number of carbonyl (C=O) groups excluding carboxylic acids is 2. The molecule has 0 saturated carbocycles. The molecule has 0 aromatic carbocycles. The summed E-state index contributed by atoms with van der Waals surface area (Å²) in [6.07, 6.45) is 1.13. The van der Waals surface area contributed by atoms with E-state index < -0.39 is 30.4 Å². The van der Waals surface area contributed by atoms with Crippen LogP contribution in [-0.2, 0) is 20.9 Å². The van der Waals surface area contributed by atoms with Crippen molar-refractivity contribution in [3.63, 3.8) is 0 Å². The van der Waals surface area contributed by atoms with E-state index in [1.54, 1.807) is 24.4 Å². The molecule has 20 heavy (non-hydrogen) atoms. The summed E-state index contributed by atoms with van der Waals surface area (Å²) in [6.45, 7) is 0.150. The van der Waals surface area contributed by atoms with Crippen molar-refractivity contribution in [3.8, 4) is 0 Å². The third kappa shape index (κ3) is 5.34. The van der Waals surface area contributed by atoms with E-state index in [0.717, 1.165) is 7.11 Å². The van der Waals surface area contributed by atoms with Crippen LogP contribution in [0.4, 0.5) is 4.79 Å². The van der Waals surface area contributed by atoms with Crippen LogP contribution in [0.1, 0.15) is 12.1 Å². The molecule has 1 atom stereocenters. The Morgan fingerprint density at radius 3 is 2.70 bits per heavy atom. The Hall–Kier alpha value is -2.64. The molecule has 1 aromatic rings. The molecule has 1 aromatic heterocycles. The number of hydrogen-bond donors (Lipinski definition) is 3. The number of amides is 2. The number of carbonyl (C=O) groups is 3. The summed E-state index contributed by atoms with van der Waals surface area (Å²) in [4.78, 5) is 37.4. The normalized spacial score (nSPS) is 11.2. The summed E-state index contributed by atoms with van der Waals surface area (Å²) in [5.74, 6) is -2.04. The van der Waals surface area contributed by atoms with Crippen LogP contribution in [-0.4, -0.2) is 41.2 Å². The third-order valence-corrected chi connectivity index (χ3v) is 2.36. The van der Waals surface area contributed by atoms with Gasteiger partial charge in [-0.05, 0) is 12.1 Å². The number of urea groups is 1. The van der Waals surface area contributed by atoms with Gasteiger partial charge in [-0.25, -0.2) is 9.59 Å². The summed E-state index contributed by atoms with van der Waals surface area (Å²) in [6, 6.07) is 3.17. The zero-order valence-electron chi connectivity index (χ0n) is 10.8. The highest BCUT2D eigenvalue weighted by Gasteiger charge is 2.23. The summed E-state index contributed by atoms with van der Waals surface area (Å²) in [7, 11) is 1.14. The first-order valence-corrected chi connectivity index (χ1v) is 5.77. The van der Waals surface area contributed by atoms with Gasteiger partial charge in [-0.3, -0.25) is 9.78 Å². The van der Waals surface area contributed by atoms with E-state index in [1.807, 2.05) is 0 Å². The number of aromatic nitrogens is 1. The smallest absolute Gasteiger partial charge is 0.326 e. The van der Waals surface area contributed by atoms with E-state index in [2.05, 4.69) is 20.4 Å². The van der Waals surface area contributed by atoms with Crippen molar-refractivity contribution in [1.82, 2.24) is 15.6 Å². The number of rotatable bonds is 6. The highest BCUT2D eigenvalue weighted by Crippen LogP contribution is 1.96. The number of methoxy groups -OCH3 is 1. The van der Waals surface area contributed by atoms with Gasteiger partial charge in [-0.15, -0.1) is 0 Å². The van der Waals surface area contributed by atoms with Crippen LogP contribution in [0.15, 0.2) is 24.4 Å². The Bertz CT molecular complexity index is 477. The molecule has 0 unspecified atom stereocenters. The zero-order valence-corrected chi connectivity index (χ0v) is 10.8. The number of carboxylic acids is 1. The molecule has 0 fully saturated rings. The minimum absolute atomic E-state index is 0.150. The maximum absolute atomic E-state index is 11.5. The molecule has 0 bridgehead atoms. The largest absolute Gasteiger partial charge is 0.480 e. The minimum atomic E-state index is -1.34. The monoisotopic (exact) mass is 281 g/mol. The number of ether oxygens (including phenoxy) is 1. The van der Waals surface area contributed by atoms with E-state index in [-0.39, 0.29) is 6.54 Å². The second kappa shape index (κ2) is 7.72. The predicted octanol–water partition coefficient (Wildman–Crippen LogP) is -0.103. The van der Waals surface area contributed by atoms with Crippen molar-refractivity contribution < 1.29 is 24.2 Å². The molecule has 3 N–H and O–H groups in total. The highest BCUT2D eigenvalue weighted by molar-refractivity contribution is 5.86. The first kappa shape index (κ1) is 15.4. The Morgan fingerprint density at radius 1 is 1.40 bits per heavy atom. The van der Waals surface area contributed by atoms with Gasteiger partial charge >= 0.3 is 18.0 Å². The molecule has 0 aliphatic rings. The molecule has 1 heterocycles. The SMILES string of the molecule is COC(=O)C[C@H](NC(=O)NCc1ccccn1)C(=O)O. The molecule has 0 aliphatic heterocycles. The van der Waals surface area contributed by atoms with Crippen LogP contribution in [0.25, 0.3) is 0 Å². The minimum Gasteiger partial charge on any atom is -0.480 e. The van der Waals surface area contributed by atoms with Crippen LogP contribution >= 0.6 is 0 Å². The molecule has 2 amide bonds. The predicted molar refractivity (Wildman–Crippen MR) is 67.7 cm³/mol. The summed E-state index contributed by atoms with van der Waals surface area (Å²) < 4.78 is 4.36. The van der Waals surface area contributed by atoms with E-state index >= 15 is 0 Å². The molecule has 0 radical (unpaired) electrons. The zero-order chi connectivity index (χ0) is 15.0. The molecular weight excluding hydrogens is 266 g/mol. The Morgan fingerprint density at radius 2 is 2.15 bits per heavy atom. The molecule has 8 nitrogen and oxygen atoms in total. The molecule has 0 aliphatic carbocycles. The van der Waals surface area contributed by atoms with Gasteiger partial charge in [0.1, 0.15) is 6.04 Å². The molecular formula is C12H15N3O5. The van der Waals surface area contributed by atoms with Crippen LogP contribution in [0.5, 0.6) is 0 Å². The van der Waals surface area contributed by atoms with Crippen molar-refractivity contribution in [1.29, 1.82) is 0 Å². The number of carboxylic acid groups (broad SMARTS) is 1. The average molecular weight is 281 g/mol. The van der Waals surface area contributed by atoms with Gasteiger partial charge in [0.15, 0.2) is 0 Å². The van der Waals surface area contributed by atoms with Crippen molar-refractivity contribution in [2.45, 2.75) is 19.0 Å². The van der Waals surface area contributed by atoms with Crippen molar-refractivity contribution in [2.24, 2.45) is 0 Å². The van der Waals surface area contributed by atoms with E-state index in [1.165, 1.54) is 0 Å². The fourth-order valence-corrected chi connectivity index (χ4v) is 1.33. The van der Waals surface area contributed by atoms with Crippen LogP contribution in [0, 0.1) is 0 Å². The number of hydrogen-bond acceptors (Lipinski definition) is 5. The third-order valence-electron chi connectivity index (χ3n) is 2.36. The number of nitrogens with zero attached hydrogens (tertiary/aromatic N) is 1. The van der Waals surface area contributed by atoms with Crippen molar-refractivity contribution in [3.05, 3.63) is 30.1 Å². The van der Waals surface area contributed by atoms with Gasteiger partial charge < -0.3 is 20.5 Å². The second-order valence-electron chi connectivity index (χ2n) is 3.82. The maximum atomic E-state index is 11.5. The fourth-order valence-electron chi connectivity index (χ4n) is 1.33. The van der Waals surface area contributed by atoms with E-state index in [0.29, 0.717) is 5.69 Å². The first-order valence-electron chi connectivity index (χ1n) is 5.77. The summed E-state index contributed by atoms with van der Waals surface area (Å²) >= 11 is 0. The first-order chi connectivity index (χ1) is 9.52. The van der Waals surface area contributed by atoms with Crippen LogP contribution in [0.2, 0.25) is 0 Å². The molecule has 1 rings (SSSR count). The lowest BCUT2D eigenvalue weighted by Crippen LogP contribution is -2.46. The second-order valence-corrected chi connectivity index (χ2v) is 3.82. The topological polar surface area (TPSA) is 118 Å². The summed E-state index contributed by atoms with van der Waals surface area (Å²) in [5, 5.41) is 13.5. The van der Waals surface area contributed by atoms with Gasteiger partial charge in [-0.2, -0.15) is 0 Å². The average Bonchev–Trinajstić information content (AvgIpc) is 2.45. The highest BCUT2D eigenvalue weighted by atomic mass is 16.5. The summed E-state index contributed by atoms with van der Waals surface area (Å²) in [5.41, 5.74) is 0.627. The maximum Gasteiger partial charge on any atom is 0.326 e. The van der Waals surface area contributed by atoms with Crippen LogP contribution in [0.3, 0.4) is 0 Å². The molecule has 0 saturated heterocycles. The van der Waals surface area contributed by atoms with Crippen LogP contribution < -0.4 is 10.6 Å². The number of esters is 1. The molecule has 108 valence electrons. The van der Waals surface area contributed by atoms with Gasteiger partial charge in [0.25, 0.3) is 0 Å². The van der Waals surface area contributed by atoms with Crippen molar-refractivity contribution in [2.75, 3.05) is 7.11 Å². The van der Waals surface area contributed by atoms with Gasteiger partial charge in [0.2, 0.25) is 0 Å². The quantitative estimate of drug-likeness (QED) is 0.627. The van der Waals surface area contributed by atoms with Gasteiger partial charge in [0.05, 0.1) is 25.8 Å². The van der Waals surface area contributed by atoms with E-state index in [4.69, 9.17) is 5.11 Å².